The number of aryl methyl sites for hydroxylation is 2. The number of esters is 1. The summed E-state index contributed by atoms with van der Waals surface area (Å²) in [5.74, 6) is 0.215. The van der Waals surface area contributed by atoms with Crippen molar-refractivity contribution < 1.29 is 24.0 Å². The Labute approximate surface area is 182 Å². The predicted octanol–water partition coefficient (Wildman–Crippen LogP) is 5.45. The van der Waals surface area contributed by atoms with Crippen molar-refractivity contribution in [1.82, 2.24) is 4.98 Å². The Bertz CT molecular complexity index is 1350. The molecule has 1 N–H and O–H groups in total. The molecule has 0 saturated carbocycles. The minimum atomic E-state index is -0.621. The number of hydrogen-bond donors (Lipinski definition) is 1. The molecule has 0 radical (unpaired) electrons. The van der Waals surface area contributed by atoms with Gasteiger partial charge in [-0.25, -0.2) is 9.78 Å². The highest BCUT2D eigenvalue weighted by atomic mass is 16.6. The second-order valence-corrected chi connectivity index (χ2v) is 7.21. The van der Waals surface area contributed by atoms with E-state index in [0.717, 1.165) is 16.7 Å². The Morgan fingerprint density at radius 1 is 1.06 bits per heavy atom. The zero-order valence-corrected chi connectivity index (χ0v) is 17.2. The van der Waals surface area contributed by atoms with Crippen LogP contribution >= 0.6 is 0 Å². The standard InChI is InChI=1S/C24H18N2O6/c1-14-11-16(12-15(2)23(14)27)3-10-22-25-20-9-4-17(13-21(20)32-22)24(28)31-19-7-5-18(6-8-19)26(29)30/h3-13,27H,1-2H3. The number of aromatic nitrogens is 1. The molecule has 3 aromatic carbocycles. The van der Waals surface area contributed by atoms with Gasteiger partial charge in [-0.1, -0.05) is 0 Å². The molecule has 1 aromatic heterocycles. The first-order valence-corrected chi connectivity index (χ1v) is 9.65. The maximum absolute atomic E-state index is 12.4. The molecule has 160 valence electrons. The average Bonchev–Trinajstić information content (AvgIpc) is 3.18. The Kier molecular flexibility index (Phi) is 5.43. The topological polar surface area (TPSA) is 116 Å². The Hall–Kier alpha value is -4.46. The third-order valence-electron chi connectivity index (χ3n) is 4.83. The van der Waals surface area contributed by atoms with E-state index in [1.54, 1.807) is 18.2 Å². The number of nitro benzene ring substituents is 1. The van der Waals surface area contributed by atoms with Crippen molar-refractivity contribution in [2.75, 3.05) is 0 Å². The number of phenolic OH excluding ortho intramolecular Hbond substituents is 1. The Morgan fingerprint density at radius 3 is 2.41 bits per heavy atom. The van der Waals surface area contributed by atoms with E-state index in [1.807, 2.05) is 32.1 Å². The Morgan fingerprint density at radius 2 is 1.75 bits per heavy atom. The first-order chi connectivity index (χ1) is 15.3. The van der Waals surface area contributed by atoms with Crippen molar-refractivity contribution in [3.05, 3.63) is 92.9 Å². The fourth-order valence-corrected chi connectivity index (χ4v) is 3.20. The number of carbonyl (C=O) groups is 1. The fraction of sp³-hybridized carbons (Fsp3) is 0.0833. The van der Waals surface area contributed by atoms with Gasteiger partial charge in [-0.3, -0.25) is 10.1 Å². The lowest BCUT2D eigenvalue weighted by Gasteiger charge is -2.04. The first-order valence-electron chi connectivity index (χ1n) is 9.65. The molecule has 0 aliphatic rings. The number of fused-ring (bicyclic) bond motifs is 1. The van der Waals surface area contributed by atoms with E-state index < -0.39 is 10.9 Å². The number of nitro groups is 1. The second-order valence-electron chi connectivity index (χ2n) is 7.21. The van der Waals surface area contributed by atoms with Crippen molar-refractivity contribution >= 4 is 34.9 Å². The smallest absolute Gasteiger partial charge is 0.343 e. The molecule has 0 aliphatic carbocycles. The Balaban J connectivity index is 1.52. The van der Waals surface area contributed by atoms with Crippen LogP contribution in [0.4, 0.5) is 5.69 Å². The molecule has 1 heterocycles. The molecular formula is C24H18N2O6. The van der Waals surface area contributed by atoms with Gasteiger partial charge < -0.3 is 14.3 Å². The predicted molar refractivity (Wildman–Crippen MR) is 119 cm³/mol. The van der Waals surface area contributed by atoms with E-state index >= 15 is 0 Å². The number of oxazole rings is 1. The normalized spacial score (nSPS) is 11.2. The minimum absolute atomic E-state index is 0.0916. The summed E-state index contributed by atoms with van der Waals surface area (Å²) in [5.41, 5.74) is 3.61. The molecule has 0 aliphatic heterocycles. The van der Waals surface area contributed by atoms with Crippen LogP contribution < -0.4 is 4.74 Å². The summed E-state index contributed by atoms with van der Waals surface area (Å²) in [4.78, 5) is 27.0. The quantitative estimate of drug-likeness (QED) is 0.194. The number of carbonyl (C=O) groups excluding carboxylic acids is 1. The van der Waals surface area contributed by atoms with Crippen LogP contribution in [0.2, 0.25) is 0 Å². The van der Waals surface area contributed by atoms with E-state index in [2.05, 4.69) is 4.98 Å². The molecule has 4 rings (SSSR count). The van der Waals surface area contributed by atoms with Crippen LogP contribution in [0.5, 0.6) is 11.5 Å². The molecule has 0 spiro atoms. The van der Waals surface area contributed by atoms with E-state index in [1.165, 1.54) is 30.3 Å². The molecule has 32 heavy (non-hydrogen) atoms. The summed E-state index contributed by atoms with van der Waals surface area (Å²) >= 11 is 0. The van der Waals surface area contributed by atoms with Crippen molar-refractivity contribution in [3.63, 3.8) is 0 Å². The monoisotopic (exact) mass is 430 g/mol. The SMILES string of the molecule is Cc1cc(C=Cc2nc3ccc(C(=O)Oc4ccc([N+](=O)[O-])cc4)cc3o2)cc(C)c1O. The lowest BCUT2D eigenvalue weighted by molar-refractivity contribution is -0.384. The van der Waals surface area contributed by atoms with Gasteiger partial charge in [-0.05, 0) is 79.1 Å². The molecular weight excluding hydrogens is 412 g/mol. The van der Waals surface area contributed by atoms with E-state index in [4.69, 9.17) is 9.15 Å². The van der Waals surface area contributed by atoms with Crippen LogP contribution in [0.3, 0.4) is 0 Å². The molecule has 0 unspecified atom stereocenters. The molecule has 0 atom stereocenters. The molecule has 8 nitrogen and oxygen atoms in total. The van der Waals surface area contributed by atoms with Crippen molar-refractivity contribution in [1.29, 1.82) is 0 Å². The molecule has 8 heteroatoms. The number of hydrogen-bond acceptors (Lipinski definition) is 7. The van der Waals surface area contributed by atoms with Gasteiger partial charge in [0.1, 0.15) is 17.0 Å². The number of benzene rings is 3. The number of non-ortho nitro benzene ring substituents is 1. The van der Waals surface area contributed by atoms with Crippen molar-refractivity contribution in [2.24, 2.45) is 0 Å². The molecule has 4 aromatic rings. The zero-order chi connectivity index (χ0) is 22.8. The van der Waals surface area contributed by atoms with Gasteiger partial charge in [0.2, 0.25) is 5.89 Å². The average molecular weight is 430 g/mol. The van der Waals surface area contributed by atoms with Crippen molar-refractivity contribution in [2.45, 2.75) is 13.8 Å². The summed E-state index contributed by atoms with van der Waals surface area (Å²) < 4.78 is 11.0. The highest BCUT2D eigenvalue weighted by molar-refractivity contribution is 5.94. The van der Waals surface area contributed by atoms with Crippen molar-refractivity contribution in [3.8, 4) is 11.5 Å². The molecule has 0 fully saturated rings. The highest BCUT2D eigenvalue weighted by Gasteiger charge is 2.13. The van der Waals surface area contributed by atoms with E-state index in [0.29, 0.717) is 17.0 Å². The molecule has 0 bridgehead atoms. The van der Waals surface area contributed by atoms with Gasteiger partial charge in [0.15, 0.2) is 5.58 Å². The largest absolute Gasteiger partial charge is 0.507 e. The van der Waals surface area contributed by atoms with Crippen LogP contribution in [0.1, 0.15) is 32.9 Å². The zero-order valence-electron chi connectivity index (χ0n) is 17.2. The number of aromatic hydroxyl groups is 1. The summed E-state index contributed by atoms with van der Waals surface area (Å²) in [6.45, 7) is 3.66. The lowest BCUT2D eigenvalue weighted by atomic mass is 10.1. The third-order valence-corrected chi connectivity index (χ3v) is 4.83. The molecule has 0 amide bonds. The number of ether oxygens (including phenoxy) is 1. The van der Waals surface area contributed by atoms with E-state index in [-0.39, 0.29) is 22.7 Å². The summed E-state index contributed by atoms with van der Waals surface area (Å²) in [7, 11) is 0. The van der Waals surface area contributed by atoms with Gasteiger partial charge in [0.05, 0.1) is 10.5 Å². The fourth-order valence-electron chi connectivity index (χ4n) is 3.20. The lowest BCUT2D eigenvalue weighted by Crippen LogP contribution is -2.08. The third kappa shape index (κ3) is 4.34. The maximum Gasteiger partial charge on any atom is 0.343 e. The van der Waals surface area contributed by atoms with Crippen LogP contribution in [0, 0.1) is 24.0 Å². The number of rotatable bonds is 5. The van der Waals surface area contributed by atoms with Crippen LogP contribution in [-0.4, -0.2) is 21.0 Å². The van der Waals surface area contributed by atoms with Gasteiger partial charge >= 0.3 is 5.97 Å². The minimum Gasteiger partial charge on any atom is -0.507 e. The number of phenols is 1. The van der Waals surface area contributed by atoms with Crippen LogP contribution in [-0.2, 0) is 0 Å². The molecule has 0 saturated heterocycles. The van der Waals surface area contributed by atoms with E-state index in [9.17, 15) is 20.0 Å². The second kappa shape index (κ2) is 8.35. The summed E-state index contributed by atoms with van der Waals surface area (Å²) in [6, 6.07) is 13.7. The first kappa shape index (κ1) is 20.8. The van der Waals surface area contributed by atoms with Gasteiger partial charge in [0, 0.05) is 18.2 Å². The maximum atomic E-state index is 12.4. The summed E-state index contributed by atoms with van der Waals surface area (Å²) in [6.07, 6.45) is 3.54. The van der Waals surface area contributed by atoms with Gasteiger partial charge in [0.25, 0.3) is 5.69 Å². The van der Waals surface area contributed by atoms with Crippen LogP contribution in [0.15, 0.2) is 59.0 Å². The summed E-state index contributed by atoms with van der Waals surface area (Å²) in [5, 5.41) is 20.6. The number of nitrogens with zero attached hydrogens (tertiary/aromatic N) is 2. The van der Waals surface area contributed by atoms with Gasteiger partial charge in [-0.2, -0.15) is 0 Å². The van der Waals surface area contributed by atoms with Crippen LogP contribution in [0.25, 0.3) is 23.3 Å². The highest BCUT2D eigenvalue weighted by Crippen LogP contribution is 2.25. The van der Waals surface area contributed by atoms with Gasteiger partial charge in [-0.15, -0.1) is 0 Å².